The fourth-order valence-electron chi connectivity index (χ4n) is 3.90. The van der Waals surface area contributed by atoms with Crippen molar-refractivity contribution in [2.45, 2.75) is 45.4 Å². The first kappa shape index (κ1) is 24.4. The van der Waals surface area contributed by atoms with Crippen molar-refractivity contribution in [3.8, 4) is 0 Å². The summed E-state index contributed by atoms with van der Waals surface area (Å²) in [6.45, 7) is 5.33. The predicted molar refractivity (Wildman–Crippen MR) is 133 cm³/mol. The molecule has 0 aliphatic carbocycles. The standard InChI is InChI=1S/C25H31Cl2N3O2/c1-2-3-4-5-6-7-24(31)30-14-12-29(13-15-30)23-10-8-22(9-11-23)28-25(32)19-16-20(26)18-21(27)17-19/h8-11,16-18H,2-7,12-15H2,1H3,(H,28,32). The number of piperazine rings is 1. The Morgan fingerprint density at radius 1 is 0.875 bits per heavy atom. The van der Waals surface area contributed by atoms with Crippen molar-refractivity contribution in [3.05, 3.63) is 58.1 Å². The minimum absolute atomic E-state index is 0.260. The molecular weight excluding hydrogens is 445 g/mol. The van der Waals surface area contributed by atoms with Crippen molar-refractivity contribution in [1.82, 2.24) is 4.90 Å². The minimum atomic E-state index is -0.260. The summed E-state index contributed by atoms with van der Waals surface area (Å²) in [5.74, 6) is 0.0179. The minimum Gasteiger partial charge on any atom is -0.368 e. The highest BCUT2D eigenvalue weighted by molar-refractivity contribution is 6.35. The molecule has 32 heavy (non-hydrogen) atoms. The van der Waals surface area contributed by atoms with E-state index in [9.17, 15) is 9.59 Å². The Morgan fingerprint density at radius 2 is 1.50 bits per heavy atom. The van der Waals surface area contributed by atoms with Crippen LogP contribution in [-0.2, 0) is 4.79 Å². The van der Waals surface area contributed by atoms with Gasteiger partial charge in [-0.3, -0.25) is 9.59 Å². The van der Waals surface area contributed by atoms with Crippen LogP contribution >= 0.6 is 23.2 Å². The van der Waals surface area contributed by atoms with Crippen molar-refractivity contribution in [1.29, 1.82) is 0 Å². The summed E-state index contributed by atoms with van der Waals surface area (Å²) in [4.78, 5) is 29.1. The van der Waals surface area contributed by atoms with Gasteiger partial charge in [0, 0.05) is 59.6 Å². The van der Waals surface area contributed by atoms with Gasteiger partial charge in [0.05, 0.1) is 0 Å². The Morgan fingerprint density at radius 3 is 2.12 bits per heavy atom. The van der Waals surface area contributed by atoms with Crippen LogP contribution in [0, 0.1) is 0 Å². The molecule has 1 fully saturated rings. The van der Waals surface area contributed by atoms with Gasteiger partial charge >= 0.3 is 0 Å². The van der Waals surface area contributed by atoms with Crippen LogP contribution in [0.5, 0.6) is 0 Å². The number of anilines is 2. The summed E-state index contributed by atoms with van der Waals surface area (Å²) in [6, 6.07) is 12.5. The van der Waals surface area contributed by atoms with E-state index in [1.807, 2.05) is 29.2 Å². The van der Waals surface area contributed by atoms with Crippen molar-refractivity contribution < 1.29 is 9.59 Å². The molecule has 0 spiro atoms. The van der Waals surface area contributed by atoms with Crippen LogP contribution < -0.4 is 10.2 Å². The molecule has 3 rings (SSSR count). The fraction of sp³-hybridized carbons (Fsp3) is 0.440. The first-order valence-corrected chi connectivity index (χ1v) is 12.1. The summed E-state index contributed by atoms with van der Waals surface area (Å²) in [6.07, 6.45) is 6.50. The molecule has 2 amide bonds. The summed E-state index contributed by atoms with van der Waals surface area (Å²) in [7, 11) is 0. The summed E-state index contributed by atoms with van der Waals surface area (Å²) in [5, 5.41) is 3.72. The number of carbonyl (C=O) groups excluding carboxylic acids is 2. The van der Waals surface area contributed by atoms with Crippen molar-refractivity contribution >= 4 is 46.4 Å². The van der Waals surface area contributed by atoms with Gasteiger partial charge in [-0.05, 0) is 48.9 Å². The molecule has 5 nitrogen and oxygen atoms in total. The third-order valence-corrected chi connectivity index (χ3v) is 6.18. The van der Waals surface area contributed by atoms with Crippen LogP contribution in [0.1, 0.15) is 55.8 Å². The quantitative estimate of drug-likeness (QED) is 0.435. The van der Waals surface area contributed by atoms with Crippen LogP contribution in [-0.4, -0.2) is 42.9 Å². The Bertz CT molecular complexity index is 890. The third-order valence-electron chi connectivity index (χ3n) is 5.74. The molecule has 1 aliphatic heterocycles. The average molecular weight is 476 g/mol. The molecule has 1 saturated heterocycles. The molecule has 1 N–H and O–H groups in total. The number of nitrogens with one attached hydrogen (secondary N) is 1. The zero-order chi connectivity index (χ0) is 22.9. The number of hydrogen-bond acceptors (Lipinski definition) is 3. The Kier molecular flexibility index (Phi) is 9.24. The molecule has 2 aromatic rings. The van der Waals surface area contributed by atoms with Gasteiger partial charge < -0.3 is 15.1 Å². The first-order valence-electron chi connectivity index (χ1n) is 11.4. The number of amides is 2. The topological polar surface area (TPSA) is 52.7 Å². The monoisotopic (exact) mass is 475 g/mol. The highest BCUT2D eigenvalue weighted by Gasteiger charge is 2.21. The molecule has 1 aliphatic rings. The van der Waals surface area contributed by atoms with Crippen molar-refractivity contribution in [2.24, 2.45) is 0 Å². The number of rotatable bonds is 9. The molecule has 7 heteroatoms. The van der Waals surface area contributed by atoms with Crippen LogP contribution in [0.2, 0.25) is 10.0 Å². The molecule has 0 atom stereocenters. The second-order valence-electron chi connectivity index (χ2n) is 8.19. The number of carbonyl (C=O) groups is 2. The molecule has 0 saturated carbocycles. The molecule has 0 radical (unpaired) electrons. The normalized spacial score (nSPS) is 13.8. The zero-order valence-electron chi connectivity index (χ0n) is 18.6. The Balaban J connectivity index is 1.46. The van der Waals surface area contributed by atoms with E-state index >= 15 is 0 Å². The molecule has 172 valence electrons. The van der Waals surface area contributed by atoms with Gasteiger partial charge in [0.25, 0.3) is 5.91 Å². The van der Waals surface area contributed by atoms with Crippen LogP contribution in [0.3, 0.4) is 0 Å². The smallest absolute Gasteiger partial charge is 0.255 e. The molecule has 0 unspecified atom stereocenters. The summed E-state index contributed by atoms with van der Waals surface area (Å²) in [5.41, 5.74) is 2.20. The predicted octanol–water partition coefficient (Wildman–Crippen LogP) is 6.25. The van der Waals surface area contributed by atoms with Crippen molar-refractivity contribution in [2.75, 3.05) is 36.4 Å². The third kappa shape index (κ3) is 7.14. The largest absolute Gasteiger partial charge is 0.368 e. The van der Waals surface area contributed by atoms with Gasteiger partial charge in [-0.1, -0.05) is 55.8 Å². The number of nitrogens with zero attached hydrogens (tertiary/aromatic N) is 2. The van der Waals surface area contributed by atoms with E-state index < -0.39 is 0 Å². The second-order valence-corrected chi connectivity index (χ2v) is 9.06. The van der Waals surface area contributed by atoms with E-state index in [1.165, 1.54) is 19.3 Å². The molecule has 0 aromatic heterocycles. The average Bonchev–Trinajstić information content (AvgIpc) is 2.79. The Labute approximate surface area is 200 Å². The van der Waals surface area contributed by atoms with E-state index in [2.05, 4.69) is 17.1 Å². The van der Waals surface area contributed by atoms with E-state index in [1.54, 1.807) is 18.2 Å². The van der Waals surface area contributed by atoms with Gasteiger partial charge in [-0.15, -0.1) is 0 Å². The maximum absolute atomic E-state index is 12.5. The number of halogens is 2. The van der Waals surface area contributed by atoms with Gasteiger partial charge in [0.1, 0.15) is 0 Å². The van der Waals surface area contributed by atoms with Gasteiger partial charge in [-0.25, -0.2) is 0 Å². The van der Waals surface area contributed by atoms with Crippen LogP contribution in [0.25, 0.3) is 0 Å². The van der Waals surface area contributed by atoms with E-state index in [4.69, 9.17) is 23.2 Å². The lowest BCUT2D eigenvalue weighted by Gasteiger charge is -2.36. The Hall–Kier alpha value is -2.24. The number of hydrogen-bond donors (Lipinski definition) is 1. The van der Waals surface area contributed by atoms with Crippen molar-refractivity contribution in [3.63, 3.8) is 0 Å². The number of unbranched alkanes of at least 4 members (excludes halogenated alkanes) is 4. The SMILES string of the molecule is CCCCCCCC(=O)N1CCN(c2ccc(NC(=O)c3cc(Cl)cc(Cl)c3)cc2)CC1. The summed E-state index contributed by atoms with van der Waals surface area (Å²) >= 11 is 12.0. The fourth-order valence-corrected chi connectivity index (χ4v) is 4.42. The van der Waals surface area contributed by atoms with Gasteiger partial charge in [-0.2, -0.15) is 0 Å². The maximum atomic E-state index is 12.5. The van der Waals surface area contributed by atoms with E-state index in [0.29, 0.717) is 27.7 Å². The lowest BCUT2D eigenvalue weighted by Crippen LogP contribution is -2.48. The van der Waals surface area contributed by atoms with Gasteiger partial charge in [0.2, 0.25) is 5.91 Å². The molecular formula is C25H31Cl2N3O2. The van der Waals surface area contributed by atoms with Gasteiger partial charge in [0.15, 0.2) is 0 Å². The van der Waals surface area contributed by atoms with Crippen LogP contribution in [0.15, 0.2) is 42.5 Å². The van der Waals surface area contributed by atoms with Crippen LogP contribution in [0.4, 0.5) is 11.4 Å². The number of benzene rings is 2. The molecule has 1 heterocycles. The maximum Gasteiger partial charge on any atom is 0.255 e. The highest BCUT2D eigenvalue weighted by Crippen LogP contribution is 2.22. The summed E-state index contributed by atoms with van der Waals surface area (Å²) < 4.78 is 0. The lowest BCUT2D eigenvalue weighted by molar-refractivity contribution is -0.131. The lowest BCUT2D eigenvalue weighted by atomic mass is 10.1. The van der Waals surface area contributed by atoms with E-state index in [-0.39, 0.29) is 11.8 Å². The molecule has 0 bridgehead atoms. The molecule has 2 aromatic carbocycles. The second kappa shape index (κ2) is 12.1. The zero-order valence-corrected chi connectivity index (χ0v) is 20.1. The first-order chi connectivity index (χ1) is 15.5. The van der Waals surface area contributed by atoms with E-state index in [0.717, 1.165) is 44.7 Å². The highest BCUT2D eigenvalue weighted by atomic mass is 35.5.